The number of benzene rings is 9. The van der Waals surface area contributed by atoms with E-state index in [-0.39, 0.29) is 17.7 Å². The van der Waals surface area contributed by atoms with Crippen molar-refractivity contribution in [2.45, 2.75) is 52.4 Å². The molecule has 0 fully saturated rings. The predicted octanol–water partition coefficient (Wildman–Crippen LogP) is 17.3. The van der Waals surface area contributed by atoms with Gasteiger partial charge in [-0.25, -0.2) is 0 Å². The molecular weight excluding hydrogens is 872 g/mol. The molecule has 3 aromatic heterocycles. The fourth-order valence-electron chi connectivity index (χ4n) is 11.4. The van der Waals surface area contributed by atoms with Gasteiger partial charge in [-0.15, -0.1) is 11.3 Å². The number of nitrogens with zero attached hydrogens (tertiary/aromatic N) is 2. The predicted molar refractivity (Wildman–Crippen MR) is 298 cm³/mol. The summed E-state index contributed by atoms with van der Waals surface area (Å²) in [7, 11) is 0. The minimum atomic E-state index is -0.227. The minimum Gasteiger partial charge on any atom is -0.456 e. The first-order chi connectivity index (χ1) is 34.0. The molecule has 0 N–H and O–H groups in total. The van der Waals surface area contributed by atoms with Crippen LogP contribution < -0.4 is 20.0 Å². The van der Waals surface area contributed by atoms with Crippen molar-refractivity contribution in [1.29, 1.82) is 0 Å². The molecule has 0 atom stereocenters. The van der Waals surface area contributed by atoms with E-state index in [0.717, 1.165) is 77.8 Å². The maximum Gasteiger partial charge on any atom is 0.343 e. The first-order valence-corrected chi connectivity index (χ1v) is 25.3. The summed E-state index contributed by atoms with van der Waals surface area (Å²) in [6, 6.07) is 69.5. The Morgan fingerprint density at radius 3 is 1.80 bits per heavy atom. The molecule has 9 aromatic carbocycles. The van der Waals surface area contributed by atoms with Crippen LogP contribution in [0.15, 0.2) is 197 Å². The molecule has 0 unspecified atom stereocenters. The lowest BCUT2D eigenvalue weighted by molar-refractivity contribution is 0.590. The zero-order chi connectivity index (χ0) is 47.2. The van der Waals surface area contributed by atoms with E-state index in [4.69, 9.17) is 8.83 Å². The van der Waals surface area contributed by atoms with E-state index in [1.807, 2.05) is 11.3 Å². The monoisotopic (exact) mass is 920 g/mol. The van der Waals surface area contributed by atoms with Crippen LogP contribution in [-0.2, 0) is 10.8 Å². The summed E-state index contributed by atoms with van der Waals surface area (Å²) in [5.74, 6) is 0. The van der Waals surface area contributed by atoms with E-state index >= 15 is 0 Å². The fraction of sp³-hybridized carbons (Fsp3) is 0.125. The Hall–Kier alpha value is -7.80. The third-order valence-corrected chi connectivity index (χ3v) is 16.1. The zero-order valence-electron chi connectivity index (χ0n) is 40.1. The second kappa shape index (κ2) is 14.9. The highest BCUT2D eigenvalue weighted by molar-refractivity contribution is 7.32. The minimum absolute atomic E-state index is 0.00904. The topological polar surface area (TPSA) is 32.8 Å². The number of hydrogen-bond acceptors (Lipinski definition) is 5. The quantitative estimate of drug-likeness (QED) is 0.165. The third kappa shape index (κ3) is 6.09. The number of hydrogen-bond donors (Lipinski definition) is 0. The second-order valence-corrected chi connectivity index (χ2v) is 22.4. The molecule has 12 aromatic rings. The molecule has 0 saturated carbocycles. The summed E-state index contributed by atoms with van der Waals surface area (Å²) < 4.78 is 16.5. The first kappa shape index (κ1) is 41.2. The van der Waals surface area contributed by atoms with Crippen LogP contribution in [0.3, 0.4) is 0 Å². The van der Waals surface area contributed by atoms with Gasteiger partial charge in [-0.2, -0.15) is 0 Å². The largest absolute Gasteiger partial charge is 0.456 e. The maximum absolute atomic E-state index is 7.20. The summed E-state index contributed by atoms with van der Waals surface area (Å²) in [4.78, 5) is 5.23. The molecule has 2 aliphatic rings. The van der Waals surface area contributed by atoms with Gasteiger partial charge in [0.15, 0.2) is 0 Å². The van der Waals surface area contributed by atoms with Gasteiger partial charge >= 0.3 is 6.85 Å². The molecule has 70 heavy (non-hydrogen) atoms. The highest BCUT2D eigenvalue weighted by Gasteiger charge is 2.49. The molecule has 0 aliphatic carbocycles. The van der Waals surface area contributed by atoms with Gasteiger partial charge in [-0.05, 0) is 98.7 Å². The van der Waals surface area contributed by atoms with Crippen molar-refractivity contribution >= 4 is 111 Å². The van der Waals surface area contributed by atoms with Crippen LogP contribution in [0.1, 0.15) is 52.7 Å². The molecule has 0 spiro atoms. The molecule has 0 radical (unpaired) electrons. The van der Waals surface area contributed by atoms with E-state index in [0.29, 0.717) is 0 Å². The van der Waals surface area contributed by atoms with E-state index in [1.165, 1.54) is 59.4 Å². The van der Waals surface area contributed by atoms with Crippen LogP contribution in [0.5, 0.6) is 0 Å². The average Bonchev–Trinajstić information content (AvgIpc) is 4.07. The SMILES string of the molecule is CC(C)(C)c1ccc(N2B3c4sc5cc(-c6ccccc6)ccc5c4N(c4ccc(C(C)(C)C)cc4-c4ccccc4)c4cc5c(oc6ccccc65)c(c43)-c3cc4c(cc32)oc2ccccc24)cc1. The van der Waals surface area contributed by atoms with E-state index in [1.54, 1.807) is 0 Å². The molecule has 0 bridgehead atoms. The van der Waals surface area contributed by atoms with Crippen molar-refractivity contribution in [2.24, 2.45) is 0 Å². The Labute approximate surface area is 412 Å². The fourth-order valence-corrected chi connectivity index (χ4v) is 12.8. The lowest BCUT2D eigenvalue weighted by atomic mass is 9.46. The second-order valence-electron chi connectivity index (χ2n) is 21.3. The van der Waals surface area contributed by atoms with Crippen LogP contribution in [0, 0.1) is 0 Å². The van der Waals surface area contributed by atoms with Crippen LogP contribution in [0.25, 0.3) is 87.3 Å². The van der Waals surface area contributed by atoms with Crippen molar-refractivity contribution in [3.8, 4) is 33.4 Å². The summed E-state index contributed by atoms with van der Waals surface area (Å²) >= 11 is 1.92. The molecule has 14 rings (SSSR count). The van der Waals surface area contributed by atoms with Gasteiger partial charge in [0.1, 0.15) is 22.3 Å². The van der Waals surface area contributed by atoms with E-state index in [9.17, 15) is 0 Å². The average molecular weight is 921 g/mol. The number of rotatable bonds is 4. The Morgan fingerprint density at radius 1 is 0.443 bits per heavy atom. The van der Waals surface area contributed by atoms with Crippen molar-refractivity contribution in [1.82, 2.24) is 0 Å². The third-order valence-electron chi connectivity index (χ3n) is 15.0. The summed E-state index contributed by atoms with van der Waals surface area (Å²) in [6.45, 7) is 13.6. The van der Waals surface area contributed by atoms with E-state index in [2.05, 4.69) is 239 Å². The molecule has 6 heteroatoms. The van der Waals surface area contributed by atoms with Gasteiger partial charge in [0, 0.05) is 76.2 Å². The van der Waals surface area contributed by atoms with Crippen LogP contribution in [-0.4, -0.2) is 6.85 Å². The van der Waals surface area contributed by atoms with Crippen molar-refractivity contribution < 1.29 is 8.83 Å². The lowest BCUT2D eigenvalue weighted by Gasteiger charge is -2.45. The van der Waals surface area contributed by atoms with Gasteiger partial charge in [0.05, 0.1) is 11.4 Å². The Balaban J connectivity index is 1.17. The van der Waals surface area contributed by atoms with Crippen LogP contribution in [0.4, 0.5) is 28.4 Å². The standard InChI is InChI=1S/C64H49BN2O2S/c1-63(2,3)41-26-29-43(30-27-41)67-52-37-56-48(44-21-13-15-23-54(44)68-56)35-50(52)58-59-53(36-49-45-22-14-16-24-55(45)69-61(49)58)66(51-32-28-42(64(4,5)6)34-47(51)39-19-11-8-12-20-39)60-46-31-25-40(38-17-9-7-10-18-38)33-57(46)70-62(60)65(59)67/h7-37H,1-6H3. The summed E-state index contributed by atoms with van der Waals surface area (Å²) in [5.41, 5.74) is 20.0. The van der Waals surface area contributed by atoms with Gasteiger partial charge in [0.2, 0.25) is 0 Å². The lowest BCUT2D eigenvalue weighted by Crippen LogP contribution is -2.60. The van der Waals surface area contributed by atoms with Crippen molar-refractivity contribution in [2.75, 3.05) is 9.71 Å². The molecule has 0 amide bonds. The van der Waals surface area contributed by atoms with Crippen LogP contribution >= 0.6 is 11.3 Å². The number of thiophene rings is 1. The molecular formula is C64H49BN2O2S. The number of anilines is 5. The van der Waals surface area contributed by atoms with Gasteiger partial charge < -0.3 is 18.5 Å². The highest BCUT2D eigenvalue weighted by Crippen LogP contribution is 2.55. The maximum atomic E-state index is 7.20. The Bertz CT molecular complexity index is 4090. The molecule has 5 heterocycles. The summed E-state index contributed by atoms with van der Waals surface area (Å²) in [5, 5.41) is 5.61. The van der Waals surface area contributed by atoms with Crippen molar-refractivity contribution in [3.63, 3.8) is 0 Å². The number of para-hydroxylation sites is 2. The Kier molecular flexibility index (Phi) is 8.74. The normalized spacial score (nSPS) is 13.5. The van der Waals surface area contributed by atoms with Crippen molar-refractivity contribution in [3.05, 3.63) is 199 Å². The highest BCUT2D eigenvalue weighted by atomic mass is 32.1. The van der Waals surface area contributed by atoms with Gasteiger partial charge in [-0.1, -0.05) is 169 Å². The smallest absolute Gasteiger partial charge is 0.343 e. The first-order valence-electron chi connectivity index (χ1n) is 24.4. The summed E-state index contributed by atoms with van der Waals surface area (Å²) in [6.07, 6.45) is 0. The van der Waals surface area contributed by atoms with Gasteiger partial charge in [-0.3, -0.25) is 0 Å². The van der Waals surface area contributed by atoms with E-state index < -0.39 is 0 Å². The zero-order valence-corrected chi connectivity index (χ0v) is 40.9. The Morgan fingerprint density at radius 2 is 1.09 bits per heavy atom. The van der Waals surface area contributed by atoms with Gasteiger partial charge in [0.25, 0.3) is 0 Å². The molecule has 0 saturated heterocycles. The number of fused-ring (bicyclic) bond motifs is 13. The van der Waals surface area contributed by atoms with Crippen LogP contribution in [0.2, 0.25) is 0 Å². The molecule has 4 nitrogen and oxygen atoms in total. The molecule has 336 valence electrons. The molecule has 2 aliphatic heterocycles. The number of furan rings is 2.